The number of thiazole rings is 1. The van der Waals surface area contributed by atoms with Gasteiger partial charge in [-0.2, -0.15) is 0 Å². The molecule has 1 rings (SSSR count). The van der Waals surface area contributed by atoms with E-state index >= 15 is 0 Å². The second kappa shape index (κ2) is 9.54. The summed E-state index contributed by atoms with van der Waals surface area (Å²) in [5.41, 5.74) is 5.81. The number of carbonyl (C=O) groups is 1. The fraction of sp³-hybridized carbons (Fsp3) is 0.692. The number of ether oxygens (including phenoxy) is 2. The van der Waals surface area contributed by atoms with Crippen LogP contribution in [0.2, 0.25) is 0 Å². The number of aromatic nitrogens is 1. The number of hydrogen-bond donors (Lipinski definition) is 3. The fourth-order valence-electron chi connectivity index (χ4n) is 1.83. The van der Waals surface area contributed by atoms with Crippen LogP contribution in [0, 0.1) is 0 Å². The highest BCUT2D eigenvalue weighted by Gasteiger charge is 2.19. The van der Waals surface area contributed by atoms with Crippen molar-refractivity contribution in [3.8, 4) is 0 Å². The third kappa shape index (κ3) is 5.86. The van der Waals surface area contributed by atoms with Crippen LogP contribution in [0.3, 0.4) is 0 Å². The Balaban J connectivity index is 2.64. The van der Waals surface area contributed by atoms with Gasteiger partial charge in [0.2, 0.25) is 0 Å². The molecule has 1 atom stereocenters. The highest BCUT2D eigenvalue weighted by Crippen LogP contribution is 2.24. The van der Waals surface area contributed by atoms with Gasteiger partial charge in [0.15, 0.2) is 5.13 Å². The Bertz CT molecular complexity index is 433. The summed E-state index contributed by atoms with van der Waals surface area (Å²) in [5, 5.41) is 6.61. The molecule has 7 nitrogen and oxygen atoms in total. The standard InChI is InChI=1S/C13H24N4O3S/c1-4-5-9(8-20-3)16-12(18)10-11(14)17-13(21-10)15-6-7-19-2/h9H,4-8,14H2,1-3H3,(H,15,17)(H,16,18). The van der Waals surface area contributed by atoms with E-state index in [0.717, 1.165) is 12.8 Å². The molecule has 0 aromatic carbocycles. The lowest BCUT2D eigenvalue weighted by molar-refractivity contribution is 0.0896. The predicted molar refractivity (Wildman–Crippen MR) is 84.9 cm³/mol. The number of carbonyl (C=O) groups excluding carboxylic acids is 1. The molecular weight excluding hydrogens is 292 g/mol. The van der Waals surface area contributed by atoms with E-state index in [2.05, 4.69) is 22.5 Å². The molecule has 0 saturated carbocycles. The minimum Gasteiger partial charge on any atom is -0.383 e. The summed E-state index contributed by atoms with van der Waals surface area (Å²) in [4.78, 5) is 16.8. The average molecular weight is 316 g/mol. The van der Waals surface area contributed by atoms with Gasteiger partial charge in [0, 0.05) is 20.8 Å². The highest BCUT2D eigenvalue weighted by molar-refractivity contribution is 7.18. The second-order valence-corrected chi connectivity index (χ2v) is 5.57. The molecular formula is C13H24N4O3S. The van der Waals surface area contributed by atoms with Gasteiger partial charge in [-0.05, 0) is 6.42 Å². The van der Waals surface area contributed by atoms with E-state index in [-0.39, 0.29) is 17.8 Å². The van der Waals surface area contributed by atoms with Crippen molar-refractivity contribution < 1.29 is 14.3 Å². The first kappa shape index (κ1) is 17.7. The number of rotatable bonds is 10. The van der Waals surface area contributed by atoms with E-state index < -0.39 is 0 Å². The van der Waals surface area contributed by atoms with E-state index in [9.17, 15) is 4.79 Å². The minimum atomic E-state index is -0.208. The van der Waals surface area contributed by atoms with Gasteiger partial charge in [-0.25, -0.2) is 4.98 Å². The van der Waals surface area contributed by atoms with E-state index in [1.54, 1.807) is 14.2 Å². The first-order valence-corrected chi connectivity index (χ1v) is 7.72. The monoisotopic (exact) mass is 316 g/mol. The van der Waals surface area contributed by atoms with Crippen molar-refractivity contribution in [3.05, 3.63) is 4.88 Å². The van der Waals surface area contributed by atoms with Crippen LogP contribution in [0.25, 0.3) is 0 Å². The largest absolute Gasteiger partial charge is 0.383 e. The zero-order valence-corrected chi connectivity index (χ0v) is 13.6. The predicted octanol–water partition coefficient (Wildman–Crippen LogP) is 1.33. The van der Waals surface area contributed by atoms with Crippen LogP contribution in [-0.4, -0.2) is 50.9 Å². The molecule has 0 aliphatic heterocycles. The molecule has 1 aromatic rings. The van der Waals surface area contributed by atoms with Gasteiger partial charge >= 0.3 is 0 Å². The summed E-state index contributed by atoms with van der Waals surface area (Å²) in [6.07, 6.45) is 1.83. The van der Waals surface area contributed by atoms with Crippen LogP contribution in [0.4, 0.5) is 10.9 Å². The Labute approximate surface area is 129 Å². The average Bonchev–Trinajstić information content (AvgIpc) is 2.81. The normalized spacial score (nSPS) is 12.1. The number of anilines is 2. The number of amides is 1. The van der Waals surface area contributed by atoms with E-state index in [4.69, 9.17) is 15.2 Å². The molecule has 1 unspecified atom stereocenters. The Morgan fingerprint density at radius 2 is 2.19 bits per heavy atom. The fourth-order valence-corrected chi connectivity index (χ4v) is 2.64. The molecule has 0 bridgehead atoms. The molecule has 0 aliphatic rings. The molecule has 1 amide bonds. The zero-order chi connectivity index (χ0) is 15.7. The topological polar surface area (TPSA) is 98.5 Å². The molecule has 0 spiro atoms. The van der Waals surface area contributed by atoms with Gasteiger partial charge in [0.05, 0.1) is 19.3 Å². The Hall–Kier alpha value is -1.38. The second-order valence-electron chi connectivity index (χ2n) is 4.57. The third-order valence-corrected chi connectivity index (χ3v) is 3.81. The molecule has 1 heterocycles. The Morgan fingerprint density at radius 3 is 2.81 bits per heavy atom. The maximum Gasteiger partial charge on any atom is 0.265 e. The van der Waals surface area contributed by atoms with Gasteiger partial charge in [0.25, 0.3) is 5.91 Å². The summed E-state index contributed by atoms with van der Waals surface area (Å²) >= 11 is 1.24. The third-order valence-electron chi connectivity index (χ3n) is 2.78. The summed E-state index contributed by atoms with van der Waals surface area (Å²) in [6, 6.07) is -0.0149. The lowest BCUT2D eigenvalue weighted by Gasteiger charge is -2.16. The SMILES string of the molecule is CCCC(COC)NC(=O)c1sc(NCCOC)nc1N. The van der Waals surface area contributed by atoms with Crippen molar-refractivity contribution in [2.75, 3.05) is 45.0 Å². The number of methoxy groups -OCH3 is 2. The molecule has 120 valence electrons. The van der Waals surface area contributed by atoms with Gasteiger partial charge < -0.3 is 25.8 Å². The van der Waals surface area contributed by atoms with Gasteiger partial charge in [-0.1, -0.05) is 24.7 Å². The van der Waals surface area contributed by atoms with Crippen LogP contribution < -0.4 is 16.4 Å². The van der Waals surface area contributed by atoms with Gasteiger partial charge in [-0.3, -0.25) is 4.79 Å². The Morgan fingerprint density at radius 1 is 1.43 bits per heavy atom. The number of nitrogen functional groups attached to an aromatic ring is 1. The van der Waals surface area contributed by atoms with Crippen molar-refractivity contribution in [1.82, 2.24) is 10.3 Å². The Kier molecular flexibility index (Phi) is 8.03. The van der Waals surface area contributed by atoms with E-state index in [1.807, 2.05) is 0 Å². The van der Waals surface area contributed by atoms with Crippen LogP contribution in [0.5, 0.6) is 0 Å². The molecule has 1 aromatic heterocycles. The van der Waals surface area contributed by atoms with Crippen molar-refractivity contribution in [2.45, 2.75) is 25.8 Å². The lowest BCUT2D eigenvalue weighted by Crippen LogP contribution is -2.37. The highest BCUT2D eigenvalue weighted by atomic mass is 32.1. The van der Waals surface area contributed by atoms with Crippen molar-refractivity contribution >= 4 is 28.2 Å². The molecule has 0 aliphatic carbocycles. The quantitative estimate of drug-likeness (QED) is 0.563. The van der Waals surface area contributed by atoms with Crippen molar-refractivity contribution in [1.29, 1.82) is 0 Å². The number of nitrogens with zero attached hydrogens (tertiary/aromatic N) is 1. The van der Waals surface area contributed by atoms with Gasteiger partial charge in [-0.15, -0.1) is 0 Å². The maximum absolute atomic E-state index is 12.2. The summed E-state index contributed by atoms with van der Waals surface area (Å²) in [7, 11) is 3.24. The number of hydrogen-bond acceptors (Lipinski definition) is 7. The van der Waals surface area contributed by atoms with E-state index in [1.165, 1.54) is 11.3 Å². The first-order chi connectivity index (χ1) is 10.1. The smallest absolute Gasteiger partial charge is 0.265 e. The molecule has 4 N–H and O–H groups in total. The minimum absolute atomic E-state index is 0.0149. The molecule has 0 radical (unpaired) electrons. The zero-order valence-electron chi connectivity index (χ0n) is 12.8. The molecule has 0 saturated heterocycles. The van der Waals surface area contributed by atoms with Crippen LogP contribution >= 0.6 is 11.3 Å². The lowest BCUT2D eigenvalue weighted by atomic mass is 10.2. The maximum atomic E-state index is 12.2. The molecule has 8 heteroatoms. The van der Waals surface area contributed by atoms with E-state index in [0.29, 0.717) is 29.8 Å². The summed E-state index contributed by atoms with van der Waals surface area (Å²) in [5.74, 6) is 0.0328. The van der Waals surface area contributed by atoms with Gasteiger partial charge in [0.1, 0.15) is 10.7 Å². The summed E-state index contributed by atoms with van der Waals surface area (Å²) in [6.45, 7) is 3.73. The number of nitrogens with two attached hydrogens (primary N) is 1. The first-order valence-electron chi connectivity index (χ1n) is 6.91. The van der Waals surface area contributed by atoms with Crippen molar-refractivity contribution in [2.24, 2.45) is 0 Å². The molecule has 21 heavy (non-hydrogen) atoms. The van der Waals surface area contributed by atoms with Crippen LogP contribution in [0.1, 0.15) is 29.4 Å². The van der Waals surface area contributed by atoms with Crippen LogP contribution in [-0.2, 0) is 9.47 Å². The number of nitrogens with one attached hydrogen (secondary N) is 2. The summed E-state index contributed by atoms with van der Waals surface area (Å²) < 4.78 is 10.1. The van der Waals surface area contributed by atoms with Crippen molar-refractivity contribution in [3.63, 3.8) is 0 Å². The van der Waals surface area contributed by atoms with Crippen LogP contribution in [0.15, 0.2) is 0 Å². The molecule has 0 fully saturated rings.